The van der Waals surface area contributed by atoms with E-state index in [1.165, 1.54) is 44.2 Å². The molecule has 0 radical (unpaired) electrons. The average molecular weight is 945 g/mol. The van der Waals surface area contributed by atoms with Crippen LogP contribution in [0.15, 0.2) is 267 Å². The van der Waals surface area contributed by atoms with Crippen LogP contribution in [-0.4, -0.2) is 29.5 Å². The maximum Gasteiger partial charge on any atom is 0.164 e. The highest BCUT2D eigenvalue weighted by atomic mass is 15.1. The van der Waals surface area contributed by atoms with Gasteiger partial charge < -0.3 is 0 Å². The largest absolute Gasteiger partial charge is 0.291 e. The number of para-hydroxylation sites is 2. The Morgan fingerprint density at radius 1 is 0.324 bits per heavy atom. The smallest absolute Gasteiger partial charge is 0.164 e. The van der Waals surface area contributed by atoms with Crippen molar-refractivity contribution in [2.24, 2.45) is 0 Å². The van der Waals surface area contributed by atoms with Crippen LogP contribution in [0.1, 0.15) is 22.3 Å². The van der Waals surface area contributed by atoms with Gasteiger partial charge in [-0.05, 0) is 103 Å². The van der Waals surface area contributed by atoms with Crippen LogP contribution in [0.2, 0.25) is 0 Å². The summed E-state index contributed by atoms with van der Waals surface area (Å²) in [5.41, 5.74) is 17.8. The fraction of sp³-hybridized carbons (Fsp3) is 0.0147. The fourth-order valence-electron chi connectivity index (χ4n) is 11.4. The number of pyridine rings is 1. The van der Waals surface area contributed by atoms with Crippen LogP contribution in [-0.2, 0) is 5.41 Å². The van der Waals surface area contributed by atoms with Gasteiger partial charge in [0.15, 0.2) is 23.3 Å². The molecule has 1 aliphatic rings. The lowest BCUT2D eigenvalue weighted by molar-refractivity contribution is 0.768. The predicted octanol–water partition coefficient (Wildman–Crippen LogP) is 16.1. The van der Waals surface area contributed by atoms with E-state index in [0.717, 1.165) is 67.2 Å². The lowest BCUT2D eigenvalue weighted by atomic mass is 9.67. The zero-order valence-corrected chi connectivity index (χ0v) is 40.1. The number of hydrogen-bond donors (Lipinski definition) is 0. The first kappa shape index (κ1) is 42.9. The molecule has 0 amide bonds. The Labute approximate surface area is 428 Å². The van der Waals surface area contributed by atoms with E-state index in [4.69, 9.17) is 19.9 Å². The first-order valence-electron chi connectivity index (χ1n) is 25.0. The summed E-state index contributed by atoms with van der Waals surface area (Å²) in [5.74, 6) is 2.68. The second-order valence-electron chi connectivity index (χ2n) is 18.7. The molecule has 3 aromatic heterocycles. The Kier molecular flexibility index (Phi) is 10.3. The minimum Gasteiger partial charge on any atom is -0.291 e. The zero-order valence-electron chi connectivity index (χ0n) is 40.1. The Morgan fingerprint density at radius 3 is 1.50 bits per heavy atom. The molecule has 0 fully saturated rings. The molecule has 0 atom stereocenters. The zero-order chi connectivity index (χ0) is 49.0. The second-order valence-corrected chi connectivity index (χ2v) is 18.7. The molecule has 0 aliphatic heterocycles. The highest BCUT2D eigenvalue weighted by Gasteiger charge is 2.47. The van der Waals surface area contributed by atoms with Gasteiger partial charge in [-0.15, -0.1) is 0 Å². The molecule has 346 valence electrons. The van der Waals surface area contributed by atoms with Crippen molar-refractivity contribution in [3.63, 3.8) is 0 Å². The predicted molar refractivity (Wildman–Crippen MR) is 300 cm³/mol. The molecule has 74 heavy (non-hydrogen) atoms. The van der Waals surface area contributed by atoms with Gasteiger partial charge in [0.05, 0.1) is 16.4 Å². The number of hydrogen-bond acceptors (Lipinski definition) is 5. The van der Waals surface area contributed by atoms with Crippen molar-refractivity contribution in [2.75, 3.05) is 0 Å². The first-order chi connectivity index (χ1) is 36.7. The van der Waals surface area contributed by atoms with Gasteiger partial charge in [0.1, 0.15) is 5.69 Å². The molecule has 0 spiro atoms. The fourth-order valence-corrected chi connectivity index (χ4v) is 11.4. The van der Waals surface area contributed by atoms with E-state index in [9.17, 15) is 0 Å². The van der Waals surface area contributed by atoms with Crippen molar-refractivity contribution in [3.05, 3.63) is 289 Å². The van der Waals surface area contributed by atoms with E-state index in [1.807, 2.05) is 48.7 Å². The van der Waals surface area contributed by atoms with Gasteiger partial charge in [0.2, 0.25) is 0 Å². The van der Waals surface area contributed by atoms with Crippen LogP contribution in [0.3, 0.4) is 0 Å². The van der Waals surface area contributed by atoms with E-state index in [1.54, 1.807) is 0 Å². The maximum atomic E-state index is 5.37. The third-order valence-electron chi connectivity index (χ3n) is 14.7. The van der Waals surface area contributed by atoms with Gasteiger partial charge in [-0.25, -0.2) is 19.9 Å². The summed E-state index contributed by atoms with van der Waals surface area (Å²) in [4.78, 5) is 25.5. The minimum atomic E-state index is -0.548. The Hall–Kier alpha value is -9.91. The summed E-state index contributed by atoms with van der Waals surface area (Å²) in [6.45, 7) is 0. The Morgan fingerprint density at radius 2 is 0.838 bits per heavy atom. The summed E-state index contributed by atoms with van der Waals surface area (Å²) >= 11 is 0. The molecule has 10 aromatic carbocycles. The molecule has 0 bridgehead atoms. The van der Waals surface area contributed by atoms with E-state index in [2.05, 4.69) is 228 Å². The molecular weight excluding hydrogens is 901 g/mol. The van der Waals surface area contributed by atoms with E-state index < -0.39 is 5.41 Å². The molecule has 0 N–H and O–H groups in total. The molecule has 13 aromatic rings. The molecule has 6 nitrogen and oxygen atoms in total. The van der Waals surface area contributed by atoms with Crippen LogP contribution in [0.25, 0.3) is 107 Å². The van der Waals surface area contributed by atoms with Gasteiger partial charge in [0, 0.05) is 28.6 Å². The highest BCUT2D eigenvalue weighted by molar-refractivity contribution is 6.05. The van der Waals surface area contributed by atoms with Crippen LogP contribution >= 0.6 is 0 Å². The molecule has 0 saturated carbocycles. The topological polar surface area (TPSA) is 69.4 Å². The second kappa shape index (κ2) is 17.7. The number of nitrogens with zero attached hydrogens (tertiary/aromatic N) is 6. The van der Waals surface area contributed by atoms with Crippen LogP contribution < -0.4 is 0 Å². The lowest BCUT2D eigenvalue weighted by Gasteiger charge is -2.33. The number of benzene rings is 10. The summed E-state index contributed by atoms with van der Waals surface area (Å²) < 4.78 is 2.20. The van der Waals surface area contributed by atoms with Crippen molar-refractivity contribution in [2.45, 2.75) is 5.41 Å². The Bertz CT molecular complexity index is 4170. The molecule has 3 heterocycles. The van der Waals surface area contributed by atoms with Gasteiger partial charge in [0.25, 0.3) is 0 Å². The molecule has 6 heteroatoms. The SMILES string of the molecule is c1ccc(-c2nc(-c3ccc(-c4ccc(-c5ccc(-n6c(-c7ccccn7)nc7ccccc76)cc5)c5ccccc45)cc3)nc(-c3cccc4c3-c3ccccc3C4(c3ccccc3)c3ccccc3)n2)cc1. The quantitative estimate of drug-likeness (QED) is 0.144. The third kappa shape index (κ3) is 6.99. The van der Waals surface area contributed by atoms with E-state index in [0.29, 0.717) is 17.5 Å². The van der Waals surface area contributed by atoms with E-state index in [-0.39, 0.29) is 0 Å². The lowest BCUT2D eigenvalue weighted by Crippen LogP contribution is -2.28. The van der Waals surface area contributed by atoms with Gasteiger partial charge in [-0.1, -0.05) is 224 Å². The molecule has 0 unspecified atom stereocenters. The summed E-state index contributed by atoms with van der Waals surface area (Å²) in [5, 5.41) is 2.35. The molecule has 14 rings (SSSR count). The van der Waals surface area contributed by atoms with Gasteiger partial charge in [-0.2, -0.15) is 0 Å². The number of aromatic nitrogens is 6. The maximum absolute atomic E-state index is 5.37. The molecular formula is C68H44N6. The third-order valence-corrected chi connectivity index (χ3v) is 14.7. The average Bonchev–Trinajstić information content (AvgIpc) is 4.10. The number of fused-ring (bicyclic) bond motifs is 5. The van der Waals surface area contributed by atoms with Crippen molar-refractivity contribution in [1.29, 1.82) is 0 Å². The Balaban J connectivity index is 0.851. The first-order valence-corrected chi connectivity index (χ1v) is 25.0. The number of imidazole rings is 1. The van der Waals surface area contributed by atoms with Crippen molar-refractivity contribution in [1.82, 2.24) is 29.5 Å². The monoisotopic (exact) mass is 944 g/mol. The molecule has 1 aliphatic carbocycles. The van der Waals surface area contributed by atoms with Crippen LogP contribution in [0.5, 0.6) is 0 Å². The highest BCUT2D eigenvalue weighted by Crippen LogP contribution is 2.58. The summed E-state index contributed by atoms with van der Waals surface area (Å²) in [6, 6.07) is 92.2. The number of rotatable bonds is 9. The summed E-state index contributed by atoms with van der Waals surface area (Å²) in [7, 11) is 0. The van der Waals surface area contributed by atoms with E-state index >= 15 is 0 Å². The summed E-state index contributed by atoms with van der Waals surface area (Å²) in [6.07, 6.45) is 1.81. The van der Waals surface area contributed by atoms with Crippen molar-refractivity contribution >= 4 is 21.8 Å². The standard InChI is InChI=1S/C68H44N6/c1-4-19-47(20-5-1)64-71-65(73-66(72-64)57-28-18-30-59-63(57)56-27-12-13-29-58(56)68(59,49-21-6-2-7-22-49)50-23-8-3-9-24-50)48-36-34-45(35-37-48)52-42-43-53(55-26-11-10-25-54(52)55)46-38-40-51(41-39-46)74-62-33-15-14-31-60(62)70-67(74)61-32-16-17-44-69-61/h1-44H. The van der Waals surface area contributed by atoms with Crippen LogP contribution in [0.4, 0.5) is 0 Å². The van der Waals surface area contributed by atoms with Gasteiger partial charge >= 0.3 is 0 Å². The van der Waals surface area contributed by atoms with Crippen molar-refractivity contribution < 1.29 is 0 Å². The normalized spacial score (nSPS) is 12.4. The van der Waals surface area contributed by atoms with Crippen LogP contribution in [0, 0.1) is 0 Å². The van der Waals surface area contributed by atoms with Crippen molar-refractivity contribution in [3.8, 4) is 84.7 Å². The molecule has 0 saturated heterocycles. The minimum absolute atomic E-state index is 0.548. The van der Waals surface area contributed by atoms with Gasteiger partial charge in [-0.3, -0.25) is 9.55 Å².